The molecule has 1 N–H and O–H groups in total. The zero-order valence-electron chi connectivity index (χ0n) is 18.6. The lowest BCUT2D eigenvalue weighted by atomic mass is 9.98. The van der Waals surface area contributed by atoms with E-state index in [4.69, 9.17) is 9.47 Å². The maximum atomic E-state index is 13.3. The van der Waals surface area contributed by atoms with Crippen LogP contribution in [0.15, 0.2) is 60.7 Å². The third kappa shape index (κ3) is 3.60. The lowest BCUT2D eigenvalue weighted by molar-refractivity contribution is 0.0729. The maximum Gasteiger partial charge on any atom is 0.270 e. The first-order chi connectivity index (χ1) is 15.6. The summed E-state index contributed by atoms with van der Waals surface area (Å²) in [4.78, 5) is 18.5. The van der Waals surface area contributed by atoms with Crippen LogP contribution >= 0.6 is 0 Å². The van der Waals surface area contributed by atoms with Gasteiger partial charge in [0.25, 0.3) is 5.91 Å². The summed E-state index contributed by atoms with van der Waals surface area (Å²) in [7, 11) is 3.27. The first-order valence-electron chi connectivity index (χ1n) is 10.8. The van der Waals surface area contributed by atoms with Crippen LogP contribution in [0.2, 0.25) is 0 Å². The van der Waals surface area contributed by atoms with Crippen molar-refractivity contribution in [3.8, 4) is 22.6 Å². The second kappa shape index (κ2) is 8.08. The summed E-state index contributed by atoms with van der Waals surface area (Å²) in [5, 5.41) is 1.04. The van der Waals surface area contributed by atoms with E-state index < -0.39 is 0 Å². The largest absolute Gasteiger partial charge is 0.493 e. The van der Waals surface area contributed by atoms with Gasteiger partial charge in [0.05, 0.1) is 14.2 Å². The fourth-order valence-electron chi connectivity index (χ4n) is 4.40. The van der Waals surface area contributed by atoms with Crippen LogP contribution in [0.4, 0.5) is 0 Å². The minimum atomic E-state index is 0.0125. The molecular formula is C27H26N2O3. The molecule has 0 spiro atoms. The number of methoxy groups -OCH3 is 2. The van der Waals surface area contributed by atoms with Crippen LogP contribution in [-0.2, 0) is 13.0 Å². The van der Waals surface area contributed by atoms with E-state index in [9.17, 15) is 4.79 Å². The molecule has 5 rings (SSSR count). The number of carbonyl (C=O) groups excluding carboxylic acids is 1. The van der Waals surface area contributed by atoms with E-state index in [1.54, 1.807) is 14.2 Å². The van der Waals surface area contributed by atoms with E-state index in [1.165, 1.54) is 16.7 Å². The number of nitrogens with one attached hydrogen (secondary N) is 1. The predicted molar refractivity (Wildman–Crippen MR) is 126 cm³/mol. The van der Waals surface area contributed by atoms with Gasteiger partial charge in [-0.2, -0.15) is 0 Å². The van der Waals surface area contributed by atoms with Gasteiger partial charge in [0, 0.05) is 24.0 Å². The summed E-state index contributed by atoms with van der Waals surface area (Å²) in [5.41, 5.74) is 7.43. The van der Waals surface area contributed by atoms with Gasteiger partial charge in [-0.15, -0.1) is 0 Å². The highest BCUT2D eigenvalue weighted by Gasteiger charge is 2.24. The molecule has 3 aromatic carbocycles. The number of aromatic nitrogens is 1. The molecule has 0 saturated heterocycles. The summed E-state index contributed by atoms with van der Waals surface area (Å²) < 4.78 is 10.9. The van der Waals surface area contributed by atoms with Crippen molar-refractivity contribution in [3.05, 3.63) is 83.0 Å². The number of hydrogen-bond acceptors (Lipinski definition) is 3. The zero-order chi connectivity index (χ0) is 22.2. The number of rotatable bonds is 4. The summed E-state index contributed by atoms with van der Waals surface area (Å²) in [5.74, 6) is 1.43. The van der Waals surface area contributed by atoms with E-state index >= 15 is 0 Å². The molecule has 0 bridgehead atoms. The van der Waals surface area contributed by atoms with Crippen LogP contribution in [0.25, 0.3) is 22.0 Å². The van der Waals surface area contributed by atoms with Gasteiger partial charge >= 0.3 is 0 Å². The third-order valence-electron chi connectivity index (χ3n) is 6.24. The lowest BCUT2D eigenvalue weighted by Gasteiger charge is -2.29. The Bertz CT molecular complexity index is 1300. The van der Waals surface area contributed by atoms with Crippen molar-refractivity contribution in [2.75, 3.05) is 20.8 Å². The number of amides is 1. The molecule has 1 aliphatic rings. The molecule has 0 saturated carbocycles. The Morgan fingerprint density at radius 2 is 1.56 bits per heavy atom. The molecule has 1 aromatic heterocycles. The SMILES string of the molecule is COc1cc2c(cc1OC)CN(C(=O)c1cc3cc(-c4ccc(C)cc4)ccc3[nH]1)CC2. The van der Waals surface area contributed by atoms with Crippen molar-refractivity contribution in [3.63, 3.8) is 0 Å². The van der Waals surface area contributed by atoms with Crippen LogP contribution in [0.1, 0.15) is 27.2 Å². The zero-order valence-corrected chi connectivity index (χ0v) is 18.6. The minimum absolute atomic E-state index is 0.0125. The summed E-state index contributed by atoms with van der Waals surface area (Å²) in [6, 6.07) is 20.7. The molecule has 1 aliphatic heterocycles. The van der Waals surface area contributed by atoms with E-state index in [-0.39, 0.29) is 5.91 Å². The van der Waals surface area contributed by atoms with E-state index in [0.717, 1.165) is 34.2 Å². The van der Waals surface area contributed by atoms with Gasteiger partial charge in [0.1, 0.15) is 5.69 Å². The van der Waals surface area contributed by atoms with Crippen LogP contribution in [0.5, 0.6) is 11.5 Å². The van der Waals surface area contributed by atoms with Crippen molar-refractivity contribution in [1.29, 1.82) is 0 Å². The number of fused-ring (bicyclic) bond motifs is 2. The van der Waals surface area contributed by atoms with E-state index in [0.29, 0.717) is 24.5 Å². The highest BCUT2D eigenvalue weighted by Crippen LogP contribution is 2.34. The molecule has 2 heterocycles. The molecule has 0 radical (unpaired) electrons. The Hall–Kier alpha value is -3.73. The van der Waals surface area contributed by atoms with Crippen LogP contribution < -0.4 is 9.47 Å². The van der Waals surface area contributed by atoms with Gasteiger partial charge < -0.3 is 19.4 Å². The number of aryl methyl sites for hydroxylation is 1. The van der Waals surface area contributed by atoms with E-state index in [1.807, 2.05) is 29.2 Å². The predicted octanol–water partition coefficient (Wildman–Crippen LogP) is 5.36. The Morgan fingerprint density at radius 1 is 0.875 bits per heavy atom. The number of hydrogen-bond donors (Lipinski definition) is 1. The lowest BCUT2D eigenvalue weighted by Crippen LogP contribution is -2.36. The molecule has 5 nitrogen and oxygen atoms in total. The molecule has 32 heavy (non-hydrogen) atoms. The fourth-order valence-corrected chi connectivity index (χ4v) is 4.40. The number of benzene rings is 3. The molecule has 0 aliphatic carbocycles. The van der Waals surface area contributed by atoms with Gasteiger partial charge in [-0.1, -0.05) is 35.9 Å². The highest BCUT2D eigenvalue weighted by atomic mass is 16.5. The first-order valence-corrected chi connectivity index (χ1v) is 10.8. The molecule has 0 atom stereocenters. The second-order valence-electron chi connectivity index (χ2n) is 8.30. The number of aromatic amines is 1. The second-order valence-corrected chi connectivity index (χ2v) is 8.30. The van der Waals surface area contributed by atoms with Crippen LogP contribution in [0, 0.1) is 6.92 Å². The Kier molecular flexibility index (Phi) is 5.10. The summed E-state index contributed by atoms with van der Waals surface area (Å²) in [6.45, 7) is 3.31. The number of ether oxygens (including phenoxy) is 2. The van der Waals surface area contributed by atoms with Gasteiger partial charge in [0.2, 0.25) is 0 Å². The molecule has 1 amide bonds. The first kappa shape index (κ1) is 20.2. The molecular weight excluding hydrogens is 400 g/mol. The normalized spacial score (nSPS) is 13.2. The monoisotopic (exact) mass is 426 g/mol. The fraction of sp³-hybridized carbons (Fsp3) is 0.222. The molecule has 0 fully saturated rings. The average Bonchev–Trinajstić information content (AvgIpc) is 3.26. The molecule has 5 heteroatoms. The van der Waals surface area contributed by atoms with Gasteiger partial charge in [-0.25, -0.2) is 0 Å². The van der Waals surface area contributed by atoms with Crippen molar-refractivity contribution in [2.24, 2.45) is 0 Å². The van der Waals surface area contributed by atoms with Crippen molar-refractivity contribution >= 4 is 16.8 Å². The number of nitrogens with zero attached hydrogens (tertiary/aromatic N) is 1. The smallest absolute Gasteiger partial charge is 0.270 e. The number of carbonyl (C=O) groups is 1. The topological polar surface area (TPSA) is 54.6 Å². The quantitative estimate of drug-likeness (QED) is 0.478. The van der Waals surface area contributed by atoms with Gasteiger partial charge in [-0.05, 0) is 65.9 Å². The van der Waals surface area contributed by atoms with E-state index in [2.05, 4.69) is 48.3 Å². The van der Waals surface area contributed by atoms with Gasteiger partial charge in [-0.3, -0.25) is 4.79 Å². The van der Waals surface area contributed by atoms with Crippen molar-refractivity contribution < 1.29 is 14.3 Å². The number of H-pyrrole nitrogens is 1. The Balaban J connectivity index is 1.41. The van der Waals surface area contributed by atoms with Gasteiger partial charge in [0.15, 0.2) is 11.5 Å². The van der Waals surface area contributed by atoms with Crippen molar-refractivity contribution in [2.45, 2.75) is 19.9 Å². The van der Waals surface area contributed by atoms with Crippen LogP contribution in [-0.4, -0.2) is 36.6 Å². The highest BCUT2D eigenvalue weighted by molar-refractivity contribution is 5.99. The summed E-state index contributed by atoms with van der Waals surface area (Å²) in [6.07, 6.45) is 0.791. The van der Waals surface area contributed by atoms with Crippen LogP contribution in [0.3, 0.4) is 0 Å². The third-order valence-corrected chi connectivity index (χ3v) is 6.24. The Morgan fingerprint density at radius 3 is 2.28 bits per heavy atom. The molecule has 0 unspecified atom stereocenters. The molecule has 4 aromatic rings. The standard InChI is InChI=1S/C27H26N2O3/c1-17-4-6-18(7-5-17)19-8-9-23-21(12-19)13-24(28-23)27(30)29-11-10-20-14-25(31-2)26(32-3)15-22(20)16-29/h4-9,12-15,28H,10-11,16H2,1-3H3. The maximum absolute atomic E-state index is 13.3. The minimum Gasteiger partial charge on any atom is -0.493 e. The Labute approximate surface area is 187 Å². The van der Waals surface area contributed by atoms with Crippen molar-refractivity contribution in [1.82, 2.24) is 9.88 Å². The summed E-state index contributed by atoms with van der Waals surface area (Å²) >= 11 is 0. The molecule has 162 valence electrons. The average molecular weight is 427 g/mol.